The van der Waals surface area contributed by atoms with Crippen molar-refractivity contribution < 1.29 is 14.4 Å². The molecule has 0 saturated carbocycles. The third-order valence-electron chi connectivity index (χ3n) is 2.05. The lowest BCUT2D eigenvalue weighted by molar-refractivity contribution is -0.132. The summed E-state index contributed by atoms with van der Waals surface area (Å²) in [5.41, 5.74) is 0. The van der Waals surface area contributed by atoms with Crippen molar-refractivity contribution in [3.63, 3.8) is 0 Å². The van der Waals surface area contributed by atoms with E-state index in [1.165, 1.54) is 0 Å². The summed E-state index contributed by atoms with van der Waals surface area (Å²) in [7, 11) is 0. The van der Waals surface area contributed by atoms with Crippen LogP contribution in [0.5, 0.6) is 0 Å². The van der Waals surface area contributed by atoms with E-state index in [0.29, 0.717) is 19.1 Å². The second-order valence-corrected chi connectivity index (χ2v) is 3.45. The van der Waals surface area contributed by atoms with Gasteiger partial charge in [-0.25, -0.2) is 0 Å². The van der Waals surface area contributed by atoms with Gasteiger partial charge in [0, 0.05) is 19.3 Å². The van der Waals surface area contributed by atoms with Crippen molar-refractivity contribution in [2.24, 2.45) is 5.92 Å². The van der Waals surface area contributed by atoms with Crippen LogP contribution in [-0.4, -0.2) is 17.9 Å². The number of carbonyl (C=O) groups excluding carboxylic acids is 3. The summed E-state index contributed by atoms with van der Waals surface area (Å²) >= 11 is 0. The molecule has 3 nitrogen and oxygen atoms in total. The van der Waals surface area contributed by atoms with Crippen LogP contribution in [-0.2, 0) is 14.4 Å². The maximum absolute atomic E-state index is 11.3. The molecule has 0 saturated heterocycles. The number of ketones is 2. The fourth-order valence-electron chi connectivity index (χ4n) is 1.30. The Morgan fingerprint density at radius 1 is 1.14 bits per heavy atom. The molecular formula is C11H18O3. The van der Waals surface area contributed by atoms with E-state index in [2.05, 4.69) is 0 Å². The molecule has 1 atom stereocenters. The molecule has 0 bridgehead atoms. The van der Waals surface area contributed by atoms with Crippen LogP contribution in [0.25, 0.3) is 0 Å². The van der Waals surface area contributed by atoms with Gasteiger partial charge < -0.3 is 4.79 Å². The summed E-state index contributed by atoms with van der Waals surface area (Å²) < 4.78 is 0. The number of carbonyl (C=O) groups is 3. The summed E-state index contributed by atoms with van der Waals surface area (Å²) in [5.74, 6) is -0.796. The largest absolute Gasteiger partial charge is 0.303 e. The Bertz CT molecular complexity index is 209. The van der Waals surface area contributed by atoms with Crippen molar-refractivity contribution >= 4 is 17.9 Å². The van der Waals surface area contributed by atoms with Crippen LogP contribution >= 0.6 is 0 Å². The zero-order chi connectivity index (χ0) is 11.0. The molecule has 1 unspecified atom stereocenters. The minimum absolute atomic E-state index is 0.00838. The van der Waals surface area contributed by atoms with Crippen LogP contribution in [0.2, 0.25) is 0 Å². The molecule has 0 aromatic rings. The van der Waals surface area contributed by atoms with Gasteiger partial charge in [0.25, 0.3) is 0 Å². The topological polar surface area (TPSA) is 51.2 Å². The van der Waals surface area contributed by atoms with E-state index in [4.69, 9.17) is 0 Å². The predicted molar refractivity (Wildman–Crippen MR) is 54.0 cm³/mol. The first-order valence-electron chi connectivity index (χ1n) is 5.15. The minimum Gasteiger partial charge on any atom is -0.303 e. The van der Waals surface area contributed by atoms with E-state index in [1.807, 2.05) is 13.8 Å². The van der Waals surface area contributed by atoms with E-state index in [9.17, 15) is 14.4 Å². The normalized spacial score (nSPS) is 12.1. The number of hydrogen-bond acceptors (Lipinski definition) is 3. The standard InChI is InChI=1S/C11H18O3/c1-3-5-10(13)7-9(8-12)11(14)6-4-2/h8-9H,3-7H2,1-2H3. The molecule has 0 amide bonds. The first-order valence-corrected chi connectivity index (χ1v) is 5.15. The van der Waals surface area contributed by atoms with Crippen molar-refractivity contribution in [2.75, 3.05) is 0 Å². The molecule has 0 N–H and O–H groups in total. The van der Waals surface area contributed by atoms with Crippen molar-refractivity contribution in [3.8, 4) is 0 Å². The number of Topliss-reactive ketones (excluding diaryl/α,β-unsaturated/α-hetero) is 2. The summed E-state index contributed by atoms with van der Waals surface area (Å²) in [4.78, 5) is 33.1. The monoisotopic (exact) mass is 198 g/mol. The molecule has 0 spiro atoms. The zero-order valence-electron chi connectivity index (χ0n) is 8.91. The summed E-state index contributed by atoms with van der Waals surface area (Å²) in [6.45, 7) is 3.79. The third kappa shape index (κ3) is 4.90. The van der Waals surface area contributed by atoms with Crippen molar-refractivity contribution in [1.29, 1.82) is 0 Å². The Balaban J connectivity index is 4.07. The molecule has 0 aliphatic heterocycles. The van der Waals surface area contributed by atoms with E-state index >= 15 is 0 Å². The Hall–Kier alpha value is -0.990. The van der Waals surface area contributed by atoms with Gasteiger partial charge in [0.2, 0.25) is 0 Å². The van der Waals surface area contributed by atoms with Crippen LogP contribution in [0.15, 0.2) is 0 Å². The average Bonchev–Trinajstić information content (AvgIpc) is 2.15. The maximum atomic E-state index is 11.3. The lowest BCUT2D eigenvalue weighted by Gasteiger charge is -2.06. The molecule has 80 valence electrons. The van der Waals surface area contributed by atoms with Gasteiger partial charge in [-0.05, 0) is 12.8 Å². The first kappa shape index (κ1) is 13.0. The Labute approximate surface area is 84.9 Å². The molecule has 0 radical (unpaired) electrons. The average molecular weight is 198 g/mol. The summed E-state index contributed by atoms with van der Waals surface area (Å²) in [6, 6.07) is 0. The molecule has 0 heterocycles. The van der Waals surface area contributed by atoms with Crippen LogP contribution in [0.1, 0.15) is 46.0 Å². The van der Waals surface area contributed by atoms with Crippen LogP contribution in [0.3, 0.4) is 0 Å². The number of aldehydes is 1. The van der Waals surface area contributed by atoms with E-state index in [1.54, 1.807) is 0 Å². The smallest absolute Gasteiger partial charge is 0.143 e. The fourth-order valence-corrected chi connectivity index (χ4v) is 1.30. The number of rotatable bonds is 8. The van der Waals surface area contributed by atoms with Crippen LogP contribution < -0.4 is 0 Å². The maximum Gasteiger partial charge on any atom is 0.143 e. The zero-order valence-corrected chi connectivity index (χ0v) is 8.91. The van der Waals surface area contributed by atoms with Gasteiger partial charge in [-0.3, -0.25) is 9.59 Å². The van der Waals surface area contributed by atoms with Gasteiger partial charge in [-0.2, -0.15) is 0 Å². The van der Waals surface area contributed by atoms with Gasteiger partial charge in [-0.15, -0.1) is 0 Å². The predicted octanol–water partition coefficient (Wildman–Crippen LogP) is 1.93. The molecular weight excluding hydrogens is 180 g/mol. The Morgan fingerprint density at radius 2 is 1.71 bits per heavy atom. The quantitative estimate of drug-likeness (QED) is 0.442. The lowest BCUT2D eigenvalue weighted by Crippen LogP contribution is -2.19. The lowest BCUT2D eigenvalue weighted by atomic mass is 9.95. The SMILES string of the molecule is CCCC(=O)CC(C=O)C(=O)CCC. The molecule has 3 heteroatoms. The van der Waals surface area contributed by atoms with Gasteiger partial charge in [-0.1, -0.05) is 13.8 Å². The highest BCUT2D eigenvalue weighted by atomic mass is 16.1. The van der Waals surface area contributed by atoms with Crippen molar-refractivity contribution in [3.05, 3.63) is 0 Å². The van der Waals surface area contributed by atoms with Crippen LogP contribution in [0, 0.1) is 5.92 Å². The van der Waals surface area contributed by atoms with Gasteiger partial charge >= 0.3 is 0 Å². The fraction of sp³-hybridized carbons (Fsp3) is 0.727. The van der Waals surface area contributed by atoms with Crippen molar-refractivity contribution in [1.82, 2.24) is 0 Å². The molecule has 0 fully saturated rings. The number of hydrogen-bond donors (Lipinski definition) is 0. The Kier molecular flexibility index (Phi) is 6.89. The second kappa shape index (κ2) is 7.42. The van der Waals surface area contributed by atoms with Gasteiger partial charge in [0.1, 0.15) is 17.9 Å². The van der Waals surface area contributed by atoms with Crippen LogP contribution in [0.4, 0.5) is 0 Å². The van der Waals surface area contributed by atoms with E-state index < -0.39 is 5.92 Å². The molecule has 0 aromatic heterocycles. The second-order valence-electron chi connectivity index (χ2n) is 3.45. The molecule has 0 aliphatic rings. The van der Waals surface area contributed by atoms with Gasteiger partial charge in [0.15, 0.2) is 0 Å². The highest BCUT2D eigenvalue weighted by Gasteiger charge is 2.19. The first-order chi connectivity index (χ1) is 6.65. The highest BCUT2D eigenvalue weighted by molar-refractivity contribution is 5.97. The summed E-state index contributed by atoms with van der Waals surface area (Å²) in [5, 5.41) is 0. The minimum atomic E-state index is -0.700. The third-order valence-corrected chi connectivity index (χ3v) is 2.05. The highest BCUT2D eigenvalue weighted by Crippen LogP contribution is 2.09. The Morgan fingerprint density at radius 3 is 2.14 bits per heavy atom. The molecule has 0 aromatic carbocycles. The van der Waals surface area contributed by atoms with E-state index in [-0.39, 0.29) is 18.0 Å². The van der Waals surface area contributed by atoms with E-state index in [0.717, 1.165) is 12.8 Å². The molecule has 0 rings (SSSR count). The molecule has 0 aliphatic carbocycles. The summed E-state index contributed by atoms with van der Waals surface area (Å²) in [6.07, 6.45) is 3.05. The molecule has 14 heavy (non-hydrogen) atoms. The van der Waals surface area contributed by atoms with Gasteiger partial charge in [0.05, 0.1) is 5.92 Å². The van der Waals surface area contributed by atoms with Crippen molar-refractivity contribution in [2.45, 2.75) is 46.0 Å².